The Morgan fingerprint density at radius 1 is 0.733 bits per heavy atom. The second kappa shape index (κ2) is 18.0. The van der Waals surface area contributed by atoms with E-state index in [0.717, 1.165) is 0 Å². The van der Waals surface area contributed by atoms with Crippen LogP contribution in [0.15, 0.2) is 109 Å². The average molecular weight is 515 g/mol. The molecule has 0 unspecified atom stereocenters. The van der Waals surface area contributed by atoms with Crippen molar-refractivity contribution in [1.82, 2.24) is 0 Å². The predicted molar refractivity (Wildman–Crippen MR) is 137 cm³/mol. The molecule has 0 saturated carbocycles. The maximum Gasteiger partial charge on any atom is -0.0809 e. The fourth-order valence-electron chi connectivity index (χ4n) is 2.72. The van der Waals surface area contributed by atoms with Gasteiger partial charge in [0.15, 0.2) is 0 Å². The first-order valence-electron chi connectivity index (χ1n) is 8.82. The van der Waals surface area contributed by atoms with Crippen molar-refractivity contribution >= 4 is 50.6 Å². The van der Waals surface area contributed by atoms with E-state index < -0.39 is 0 Å². The molecule has 3 heteroatoms. The number of hydrogen-bond acceptors (Lipinski definition) is 0. The van der Waals surface area contributed by atoms with Crippen LogP contribution in [0.4, 0.5) is 0 Å². The molecule has 0 bridgehead atoms. The Morgan fingerprint density at radius 2 is 1.30 bits per heavy atom. The second-order valence-electron chi connectivity index (χ2n) is 5.89. The molecular weight excluding hydrogens is 486 g/mol. The molecule has 0 heterocycles. The zero-order valence-corrected chi connectivity index (χ0v) is 21.5. The van der Waals surface area contributed by atoms with Gasteiger partial charge < -0.3 is 7.43 Å². The van der Waals surface area contributed by atoms with Gasteiger partial charge in [0.25, 0.3) is 0 Å². The smallest absolute Gasteiger partial charge is 0.0809 e. The van der Waals surface area contributed by atoms with Gasteiger partial charge in [-0.15, -0.1) is 95.1 Å². The number of benzene rings is 3. The van der Waals surface area contributed by atoms with Gasteiger partial charge in [0.1, 0.15) is 0 Å². The van der Waals surface area contributed by atoms with E-state index in [1.54, 1.807) is 0 Å². The number of aryl methyl sites for hydroxylation is 1. The maximum absolute atomic E-state index is 3.34. The molecule has 0 N–H and O–H groups in total. The van der Waals surface area contributed by atoms with E-state index in [0.29, 0.717) is 0 Å². The molecule has 5 rings (SSSR count). The van der Waals surface area contributed by atoms with Crippen LogP contribution in [0, 0.1) is 20.4 Å². The molecule has 0 aliphatic carbocycles. The van der Waals surface area contributed by atoms with Crippen molar-refractivity contribution in [3.8, 4) is 0 Å². The molecular formula is C27H28Cl2Zr-4. The minimum Gasteiger partial charge on any atom is -0.358 e. The topological polar surface area (TPSA) is 0 Å². The summed E-state index contributed by atoms with van der Waals surface area (Å²) < 4.78 is 3.34. The van der Waals surface area contributed by atoms with Crippen LogP contribution in [0.25, 0.3) is 21.5 Å². The van der Waals surface area contributed by atoms with Gasteiger partial charge in [-0.1, -0.05) is 19.1 Å². The Morgan fingerprint density at radius 3 is 1.80 bits per heavy atom. The van der Waals surface area contributed by atoms with Crippen LogP contribution in [0.1, 0.15) is 5.56 Å². The molecule has 158 valence electrons. The molecule has 0 nitrogen and oxygen atoms in total. The van der Waals surface area contributed by atoms with Crippen molar-refractivity contribution in [2.45, 2.75) is 6.92 Å². The Hall–Kier alpha value is -1.79. The number of halogens is 2. The molecule has 0 aromatic heterocycles. The number of fused-ring (bicyclic) bond motifs is 2. The molecule has 30 heavy (non-hydrogen) atoms. The molecule has 0 aliphatic heterocycles. The van der Waals surface area contributed by atoms with Crippen molar-refractivity contribution in [2.24, 2.45) is 0 Å². The van der Waals surface area contributed by atoms with E-state index in [1.807, 2.05) is 30.3 Å². The minimum absolute atomic E-state index is 0. The van der Waals surface area contributed by atoms with Gasteiger partial charge in [0, 0.05) is 0 Å². The van der Waals surface area contributed by atoms with Gasteiger partial charge in [0.2, 0.25) is 0 Å². The van der Waals surface area contributed by atoms with E-state index in [1.165, 1.54) is 51.3 Å². The molecule has 0 amide bonds. The molecule has 5 aromatic rings. The van der Waals surface area contributed by atoms with E-state index in [4.69, 9.17) is 0 Å². The van der Waals surface area contributed by atoms with Crippen molar-refractivity contribution in [3.05, 3.63) is 128 Å². The van der Waals surface area contributed by atoms with Crippen molar-refractivity contribution < 1.29 is 24.2 Å². The monoisotopic (exact) mass is 512 g/mol. The summed E-state index contributed by atoms with van der Waals surface area (Å²) in [4.78, 5) is 0. The van der Waals surface area contributed by atoms with Crippen LogP contribution in [-0.4, -0.2) is 4.21 Å². The molecule has 0 radical (unpaired) electrons. The molecule has 0 atom stereocenters. The molecule has 5 aromatic carbocycles. The van der Waals surface area contributed by atoms with E-state index >= 15 is 0 Å². The zero-order chi connectivity index (χ0) is 19.3. The van der Waals surface area contributed by atoms with Gasteiger partial charge in [-0.3, -0.25) is 0 Å². The summed E-state index contributed by atoms with van der Waals surface area (Å²) >= 11 is 1.30. The summed E-state index contributed by atoms with van der Waals surface area (Å²) in [5.41, 5.74) is 1.35. The summed E-state index contributed by atoms with van der Waals surface area (Å²) in [5, 5.41) is 5.36. The summed E-state index contributed by atoms with van der Waals surface area (Å²) in [6, 6.07) is 40.0. The van der Waals surface area contributed by atoms with Gasteiger partial charge in [-0.2, -0.15) is 60.0 Å². The van der Waals surface area contributed by atoms with Gasteiger partial charge in [0.05, 0.1) is 0 Å². The quantitative estimate of drug-likeness (QED) is 0.183. The summed E-state index contributed by atoms with van der Waals surface area (Å²) in [5.74, 6) is 0. The SMILES string of the molecule is Cc1cc2ccccc2[cH-]1.Cl.Cl.[CH2]=[Zr].[CH3-].[c-]1ccccc1.c1ccc2[cH-]ccc2c1. The van der Waals surface area contributed by atoms with Crippen LogP contribution in [0.3, 0.4) is 0 Å². The maximum atomic E-state index is 3.34. The first kappa shape index (κ1) is 30.4. The first-order chi connectivity index (χ1) is 13.3. The Balaban J connectivity index is 0. The van der Waals surface area contributed by atoms with Crippen molar-refractivity contribution in [3.63, 3.8) is 0 Å². The van der Waals surface area contributed by atoms with E-state index in [-0.39, 0.29) is 32.2 Å². The second-order valence-corrected chi connectivity index (χ2v) is 5.89. The van der Waals surface area contributed by atoms with Gasteiger partial charge in [-0.25, -0.2) is 0 Å². The van der Waals surface area contributed by atoms with Crippen LogP contribution >= 0.6 is 24.8 Å². The summed E-state index contributed by atoms with van der Waals surface area (Å²) in [6.07, 6.45) is 0. The Bertz CT molecular complexity index is 942. The third-order valence-electron chi connectivity index (χ3n) is 3.92. The predicted octanol–water partition coefficient (Wildman–Crippen LogP) is 8.17. The Kier molecular flexibility index (Phi) is 18.3. The normalized spacial score (nSPS) is 8.27. The van der Waals surface area contributed by atoms with E-state index in [9.17, 15) is 0 Å². The van der Waals surface area contributed by atoms with Gasteiger partial charge >= 0.3 is 28.4 Å². The van der Waals surface area contributed by atoms with Gasteiger partial charge in [-0.05, 0) is 0 Å². The third kappa shape index (κ3) is 10.3. The van der Waals surface area contributed by atoms with Crippen LogP contribution in [-0.2, 0) is 24.2 Å². The van der Waals surface area contributed by atoms with Crippen molar-refractivity contribution in [1.29, 1.82) is 0 Å². The molecule has 0 saturated heterocycles. The number of rotatable bonds is 0. The fraction of sp³-hybridized carbons (Fsp3) is 0.0370. The van der Waals surface area contributed by atoms with Crippen LogP contribution in [0.5, 0.6) is 0 Å². The molecule has 0 aliphatic rings. The summed E-state index contributed by atoms with van der Waals surface area (Å²) in [7, 11) is 0. The minimum atomic E-state index is 0. The van der Waals surface area contributed by atoms with Crippen LogP contribution in [0.2, 0.25) is 0 Å². The number of hydrogen-bond donors (Lipinski definition) is 0. The Labute approximate surface area is 208 Å². The molecule has 0 fully saturated rings. The van der Waals surface area contributed by atoms with E-state index in [2.05, 4.69) is 96.1 Å². The van der Waals surface area contributed by atoms with Crippen molar-refractivity contribution in [2.75, 3.05) is 0 Å². The first-order valence-corrected chi connectivity index (χ1v) is 10.6. The molecule has 0 spiro atoms. The fourth-order valence-corrected chi connectivity index (χ4v) is 2.72. The summed E-state index contributed by atoms with van der Waals surface area (Å²) in [6.45, 7) is 2.12. The third-order valence-corrected chi connectivity index (χ3v) is 3.92. The zero-order valence-electron chi connectivity index (χ0n) is 17.4. The van der Waals surface area contributed by atoms with Crippen LogP contribution < -0.4 is 0 Å². The largest absolute Gasteiger partial charge is 0.358 e. The average Bonchev–Trinajstić information content (AvgIpc) is 3.37. The standard InChI is InChI=1S/C10H9.C9H7.C6H5.CH3.CH2.2ClH.Zr/c1-8-6-9-4-2-3-5-10(9)7-8;1-2-5-9-7-3-6-8(9)4-1;1-2-4-6-5-3-1;;;;;/h2-7H,1H3;1-7H;1-5H;1H3;1H2;2*1H;/q4*-1;;;;.